The second kappa shape index (κ2) is 6.84. The average molecular weight is 384 g/mol. The quantitative estimate of drug-likeness (QED) is 0.564. The van der Waals surface area contributed by atoms with Crippen molar-refractivity contribution in [3.05, 3.63) is 65.4 Å². The Kier molecular flexibility index (Phi) is 4.36. The van der Waals surface area contributed by atoms with E-state index in [1.54, 1.807) is 6.92 Å². The van der Waals surface area contributed by atoms with Gasteiger partial charge in [-0.05, 0) is 38.1 Å². The van der Waals surface area contributed by atoms with Crippen LogP contribution in [0.4, 0.5) is 19.6 Å². The number of nitrogens with one attached hydrogen (secondary N) is 1. The average Bonchev–Trinajstić information content (AvgIpc) is 3.25. The Bertz CT molecular complexity index is 1100. The zero-order valence-corrected chi connectivity index (χ0v) is 15.3. The molecule has 0 spiro atoms. The Morgan fingerprint density at radius 1 is 1.04 bits per heavy atom. The fraction of sp³-hybridized carbons (Fsp3) is 0.111. The summed E-state index contributed by atoms with van der Waals surface area (Å²) in [5, 5.41) is 11.7. The second-order valence-electron chi connectivity index (χ2n) is 5.95. The van der Waals surface area contributed by atoms with Gasteiger partial charge in [-0.15, -0.1) is 5.10 Å². The zero-order chi connectivity index (χ0) is 19.0. The minimum Gasteiger partial charge on any atom is -0.330 e. The van der Waals surface area contributed by atoms with Crippen molar-refractivity contribution in [1.29, 1.82) is 0 Å². The van der Waals surface area contributed by atoms with Gasteiger partial charge in [-0.3, -0.25) is 0 Å². The molecule has 0 amide bonds. The molecule has 0 saturated heterocycles. The molecule has 136 valence electrons. The van der Waals surface area contributed by atoms with E-state index in [1.807, 2.05) is 31.2 Å². The third-order valence-corrected chi connectivity index (χ3v) is 4.60. The molecular formula is C18H14F2N6S. The molecule has 2 aromatic carbocycles. The van der Waals surface area contributed by atoms with E-state index < -0.39 is 11.6 Å². The fourth-order valence-corrected chi connectivity index (χ4v) is 3.13. The Balaban J connectivity index is 1.63. The lowest BCUT2D eigenvalue weighted by molar-refractivity contribution is 0.582. The van der Waals surface area contributed by atoms with Crippen molar-refractivity contribution in [3.63, 3.8) is 0 Å². The maximum Gasteiger partial charge on any atom is 0.207 e. The number of hydrogen-bond donors (Lipinski definition) is 1. The third-order valence-electron chi connectivity index (χ3n) is 3.97. The Labute approximate surface area is 157 Å². The summed E-state index contributed by atoms with van der Waals surface area (Å²) < 4.78 is 33.0. The van der Waals surface area contributed by atoms with Crippen molar-refractivity contribution < 1.29 is 8.78 Å². The number of benzene rings is 2. The van der Waals surface area contributed by atoms with Crippen LogP contribution >= 0.6 is 11.5 Å². The summed E-state index contributed by atoms with van der Waals surface area (Å²) >= 11 is 1.18. The Hall–Kier alpha value is -3.20. The van der Waals surface area contributed by atoms with Crippen molar-refractivity contribution in [3.8, 4) is 17.2 Å². The minimum absolute atomic E-state index is 0.0144. The minimum atomic E-state index is -0.594. The van der Waals surface area contributed by atoms with Crippen molar-refractivity contribution in [2.75, 3.05) is 5.32 Å². The van der Waals surface area contributed by atoms with Crippen molar-refractivity contribution in [2.45, 2.75) is 13.8 Å². The molecule has 0 atom stereocenters. The summed E-state index contributed by atoms with van der Waals surface area (Å²) in [5.41, 5.74) is 2.96. The SMILES string of the molecule is Cc1ccc(Nc2nc(-c3nnn(-c4cc(F)ccc4F)c3C)ns2)cc1. The summed E-state index contributed by atoms with van der Waals surface area (Å²) in [6.45, 7) is 3.72. The van der Waals surface area contributed by atoms with Crippen LogP contribution in [0, 0.1) is 25.5 Å². The van der Waals surface area contributed by atoms with Crippen LogP contribution in [0.1, 0.15) is 11.3 Å². The van der Waals surface area contributed by atoms with Gasteiger partial charge in [-0.25, -0.2) is 13.5 Å². The lowest BCUT2D eigenvalue weighted by atomic mass is 10.2. The lowest BCUT2D eigenvalue weighted by Crippen LogP contribution is -2.03. The van der Waals surface area contributed by atoms with E-state index in [4.69, 9.17) is 0 Å². The number of rotatable bonds is 4. The van der Waals surface area contributed by atoms with E-state index in [0.29, 0.717) is 22.3 Å². The van der Waals surface area contributed by atoms with E-state index in [-0.39, 0.29) is 5.69 Å². The van der Waals surface area contributed by atoms with Crippen LogP contribution in [0.5, 0.6) is 0 Å². The molecule has 4 rings (SSSR count). The highest BCUT2D eigenvalue weighted by molar-refractivity contribution is 7.09. The smallest absolute Gasteiger partial charge is 0.207 e. The van der Waals surface area contributed by atoms with Crippen LogP contribution in [-0.2, 0) is 0 Å². The van der Waals surface area contributed by atoms with Crippen molar-refractivity contribution in [2.24, 2.45) is 0 Å². The highest BCUT2D eigenvalue weighted by atomic mass is 32.1. The van der Waals surface area contributed by atoms with Gasteiger partial charge in [0.25, 0.3) is 0 Å². The van der Waals surface area contributed by atoms with Crippen LogP contribution in [0.3, 0.4) is 0 Å². The molecular weight excluding hydrogens is 370 g/mol. The normalized spacial score (nSPS) is 11.0. The molecule has 0 unspecified atom stereocenters. The van der Waals surface area contributed by atoms with Crippen LogP contribution in [0.15, 0.2) is 42.5 Å². The van der Waals surface area contributed by atoms with Crippen LogP contribution in [0.2, 0.25) is 0 Å². The van der Waals surface area contributed by atoms with E-state index in [9.17, 15) is 8.78 Å². The van der Waals surface area contributed by atoms with Crippen molar-refractivity contribution >= 4 is 22.4 Å². The summed E-state index contributed by atoms with van der Waals surface area (Å²) in [6.07, 6.45) is 0. The summed E-state index contributed by atoms with van der Waals surface area (Å²) in [7, 11) is 0. The Morgan fingerprint density at radius 3 is 2.59 bits per heavy atom. The van der Waals surface area contributed by atoms with Gasteiger partial charge in [-0.2, -0.15) is 9.36 Å². The van der Waals surface area contributed by atoms with Gasteiger partial charge in [-0.1, -0.05) is 22.9 Å². The summed E-state index contributed by atoms with van der Waals surface area (Å²) in [5.74, 6) is -0.779. The molecule has 0 aliphatic carbocycles. The van der Waals surface area contributed by atoms with Gasteiger partial charge < -0.3 is 5.32 Å². The van der Waals surface area contributed by atoms with Gasteiger partial charge in [0, 0.05) is 23.3 Å². The first kappa shape index (κ1) is 17.2. The largest absolute Gasteiger partial charge is 0.330 e. The predicted molar refractivity (Wildman–Crippen MR) is 99.4 cm³/mol. The van der Waals surface area contributed by atoms with Gasteiger partial charge in [0.05, 0.1) is 5.69 Å². The first-order valence-corrected chi connectivity index (χ1v) is 8.84. The molecule has 0 fully saturated rings. The van der Waals surface area contributed by atoms with Crippen LogP contribution in [0.25, 0.3) is 17.2 Å². The highest BCUT2D eigenvalue weighted by Gasteiger charge is 2.18. The summed E-state index contributed by atoms with van der Waals surface area (Å²) in [6, 6.07) is 11.1. The molecule has 4 aromatic rings. The standard InChI is InChI=1S/C18H14F2N6S/c1-10-3-6-13(7-4-10)21-18-22-17(24-27-18)16-11(2)26(25-23-16)15-9-12(19)5-8-14(15)20/h3-9H,1-2H3,(H,21,22,24). The molecule has 0 bridgehead atoms. The number of halogens is 2. The van der Waals surface area contributed by atoms with E-state index in [0.717, 1.165) is 29.4 Å². The molecule has 1 N–H and O–H groups in total. The summed E-state index contributed by atoms with van der Waals surface area (Å²) in [4.78, 5) is 4.42. The molecule has 0 aliphatic heterocycles. The topological polar surface area (TPSA) is 68.5 Å². The van der Waals surface area contributed by atoms with Gasteiger partial charge in [0.2, 0.25) is 5.13 Å². The molecule has 0 aliphatic rings. The van der Waals surface area contributed by atoms with Gasteiger partial charge in [0.15, 0.2) is 11.5 Å². The monoisotopic (exact) mass is 384 g/mol. The first-order valence-electron chi connectivity index (χ1n) is 8.07. The maximum absolute atomic E-state index is 14.0. The van der Waals surface area contributed by atoms with Crippen LogP contribution in [-0.4, -0.2) is 24.4 Å². The third kappa shape index (κ3) is 3.41. The maximum atomic E-state index is 14.0. The van der Waals surface area contributed by atoms with Gasteiger partial charge >= 0.3 is 0 Å². The molecule has 0 saturated carbocycles. The fourth-order valence-electron chi connectivity index (χ4n) is 2.54. The van der Waals surface area contributed by atoms with E-state index in [1.165, 1.54) is 16.2 Å². The Morgan fingerprint density at radius 2 is 1.81 bits per heavy atom. The molecule has 2 heterocycles. The highest BCUT2D eigenvalue weighted by Crippen LogP contribution is 2.26. The number of aryl methyl sites for hydroxylation is 1. The molecule has 2 aromatic heterocycles. The zero-order valence-electron chi connectivity index (χ0n) is 14.4. The molecule has 6 nitrogen and oxygen atoms in total. The van der Waals surface area contributed by atoms with E-state index in [2.05, 4.69) is 25.0 Å². The molecule has 0 radical (unpaired) electrons. The number of nitrogens with zero attached hydrogens (tertiary/aromatic N) is 5. The second-order valence-corrected chi connectivity index (χ2v) is 6.70. The number of aromatic nitrogens is 5. The number of anilines is 2. The molecule has 9 heteroatoms. The lowest BCUT2D eigenvalue weighted by Gasteiger charge is -2.04. The van der Waals surface area contributed by atoms with E-state index >= 15 is 0 Å². The van der Waals surface area contributed by atoms with Crippen molar-refractivity contribution in [1.82, 2.24) is 24.4 Å². The molecule has 27 heavy (non-hydrogen) atoms. The first-order chi connectivity index (χ1) is 13.0. The van der Waals surface area contributed by atoms with Crippen LogP contribution < -0.4 is 5.32 Å². The predicted octanol–water partition coefficient (Wildman–Crippen LogP) is 4.42. The number of hydrogen-bond acceptors (Lipinski definition) is 6. The van der Waals surface area contributed by atoms with Gasteiger partial charge in [0.1, 0.15) is 17.3 Å².